The first-order chi connectivity index (χ1) is 10.7. The lowest BCUT2D eigenvalue weighted by atomic mass is 10.3. The third-order valence-corrected chi connectivity index (χ3v) is 2.78. The van der Waals surface area contributed by atoms with Gasteiger partial charge in [0.05, 0.1) is 0 Å². The molecule has 0 radical (unpaired) electrons. The first-order valence-corrected chi connectivity index (χ1v) is 6.44. The average Bonchev–Trinajstić information content (AvgIpc) is 2.96. The molecule has 22 heavy (non-hydrogen) atoms. The summed E-state index contributed by atoms with van der Waals surface area (Å²) in [5.41, 5.74) is 1.13. The first-order valence-electron chi connectivity index (χ1n) is 6.44. The molecule has 0 aliphatic heterocycles. The molecule has 8 heteroatoms. The summed E-state index contributed by atoms with van der Waals surface area (Å²) in [6, 6.07) is 9.13. The molecule has 0 spiro atoms. The predicted molar refractivity (Wildman–Crippen MR) is 76.1 cm³/mol. The van der Waals surface area contributed by atoms with Crippen molar-refractivity contribution in [2.24, 2.45) is 0 Å². The highest BCUT2D eigenvalue weighted by Gasteiger charge is 2.09. The van der Waals surface area contributed by atoms with Crippen molar-refractivity contribution >= 4 is 11.6 Å². The second kappa shape index (κ2) is 6.08. The molecule has 7 nitrogen and oxygen atoms in total. The molecule has 1 amide bonds. The Bertz CT molecular complexity index is 789. The molecule has 0 aliphatic rings. The van der Waals surface area contributed by atoms with E-state index in [1.54, 1.807) is 30.6 Å². The number of hydrogen-bond acceptors (Lipinski definition) is 5. The minimum atomic E-state index is -0.420. The molecule has 3 rings (SSSR count). The number of hydrogen-bond donors (Lipinski definition) is 1. The quantitative estimate of drug-likeness (QED) is 0.789. The molecule has 110 valence electrons. The fourth-order valence-corrected chi connectivity index (χ4v) is 1.82. The summed E-state index contributed by atoms with van der Waals surface area (Å²) in [6.45, 7) is -0.116. The lowest BCUT2D eigenvalue weighted by Gasteiger charge is -2.03. The Labute approximate surface area is 124 Å². The Hall–Kier alpha value is -3.16. The van der Waals surface area contributed by atoms with Gasteiger partial charge in [-0.15, -0.1) is 10.2 Å². The number of pyridine rings is 1. The third kappa shape index (κ3) is 3.29. The molecule has 3 aromatic rings. The number of benzene rings is 1. The van der Waals surface area contributed by atoms with Gasteiger partial charge in [-0.3, -0.25) is 9.78 Å². The van der Waals surface area contributed by atoms with Crippen molar-refractivity contribution in [1.29, 1.82) is 0 Å². The maximum absolute atomic E-state index is 13.0. The van der Waals surface area contributed by atoms with E-state index < -0.39 is 5.82 Å². The Morgan fingerprint density at radius 2 is 2.05 bits per heavy atom. The molecular formula is C14H11FN6O. The van der Waals surface area contributed by atoms with Crippen LogP contribution in [0, 0.1) is 5.82 Å². The molecule has 0 saturated heterocycles. The van der Waals surface area contributed by atoms with Crippen molar-refractivity contribution in [3.05, 3.63) is 54.6 Å². The summed E-state index contributed by atoms with van der Waals surface area (Å²) in [5.74, 6) is -0.387. The fraction of sp³-hybridized carbons (Fsp3) is 0.0714. The van der Waals surface area contributed by atoms with Crippen LogP contribution in [0.4, 0.5) is 10.1 Å². The number of rotatable bonds is 4. The van der Waals surface area contributed by atoms with Crippen molar-refractivity contribution in [2.45, 2.75) is 6.54 Å². The van der Waals surface area contributed by atoms with Crippen LogP contribution in [0.1, 0.15) is 0 Å². The Kier molecular flexibility index (Phi) is 3.82. The standard InChI is InChI=1S/C14H11FN6O/c15-11-2-1-3-12(8-11)17-13(22)9-21-19-14(18-20-21)10-4-6-16-7-5-10/h1-8H,9H2,(H,17,22). The summed E-state index contributed by atoms with van der Waals surface area (Å²) in [5, 5.41) is 14.4. The Morgan fingerprint density at radius 3 is 2.82 bits per heavy atom. The van der Waals surface area contributed by atoms with E-state index in [2.05, 4.69) is 25.7 Å². The normalized spacial score (nSPS) is 10.4. The van der Waals surface area contributed by atoms with Crippen LogP contribution in [0.5, 0.6) is 0 Å². The van der Waals surface area contributed by atoms with Gasteiger partial charge in [0.15, 0.2) is 0 Å². The van der Waals surface area contributed by atoms with Crippen molar-refractivity contribution in [3.8, 4) is 11.4 Å². The summed E-state index contributed by atoms with van der Waals surface area (Å²) in [7, 11) is 0. The number of carbonyl (C=O) groups is 1. The van der Waals surface area contributed by atoms with Crippen LogP contribution >= 0.6 is 0 Å². The zero-order valence-corrected chi connectivity index (χ0v) is 11.3. The molecule has 2 aromatic heterocycles. The van der Waals surface area contributed by atoms with Crippen LogP contribution in [0.2, 0.25) is 0 Å². The van der Waals surface area contributed by atoms with Gasteiger partial charge in [0, 0.05) is 23.6 Å². The second-order valence-corrected chi connectivity index (χ2v) is 4.44. The minimum Gasteiger partial charge on any atom is -0.324 e. The van der Waals surface area contributed by atoms with Gasteiger partial charge in [-0.2, -0.15) is 4.80 Å². The second-order valence-electron chi connectivity index (χ2n) is 4.44. The van der Waals surface area contributed by atoms with E-state index >= 15 is 0 Å². The Morgan fingerprint density at radius 1 is 1.23 bits per heavy atom. The van der Waals surface area contributed by atoms with E-state index in [0.29, 0.717) is 11.5 Å². The molecule has 0 unspecified atom stereocenters. The van der Waals surface area contributed by atoms with Crippen molar-refractivity contribution < 1.29 is 9.18 Å². The van der Waals surface area contributed by atoms with Crippen molar-refractivity contribution in [1.82, 2.24) is 25.2 Å². The van der Waals surface area contributed by atoms with Crippen LogP contribution in [-0.2, 0) is 11.3 Å². The van der Waals surface area contributed by atoms with E-state index in [0.717, 1.165) is 5.56 Å². The van der Waals surface area contributed by atoms with Gasteiger partial charge in [-0.05, 0) is 35.5 Å². The topological polar surface area (TPSA) is 85.6 Å². The molecule has 0 aliphatic carbocycles. The summed E-state index contributed by atoms with van der Waals surface area (Å²) in [6.07, 6.45) is 3.24. The average molecular weight is 298 g/mol. The predicted octanol–water partition coefficient (Wildman–Crippen LogP) is 1.51. The molecule has 2 heterocycles. The SMILES string of the molecule is O=C(Cn1nnc(-c2ccncc2)n1)Nc1cccc(F)c1. The smallest absolute Gasteiger partial charge is 0.248 e. The largest absolute Gasteiger partial charge is 0.324 e. The number of aromatic nitrogens is 5. The molecular weight excluding hydrogens is 287 g/mol. The zero-order valence-electron chi connectivity index (χ0n) is 11.3. The monoisotopic (exact) mass is 298 g/mol. The van der Waals surface area contributed by atoms with Gasteiger partial charge in [-0.1, -0.05) is 6.07 Å². The van der Waals surface area contributed by atoms with E-state index in [-0.39, 0.29) is 12.5 Å². The van der Waals surface area contributed by atoms with E-state index in [1.165, 1.54) is 23.0 Å². The number of nitrogens with one attached hydrogen (secondary N) is 1. The summed E-state index contributed by atoms with van der Waals surface area (Å²) >= 11 is 0. The fourth-order valence-electron chi connectivity index (χ4n) is 1.82. The molecule has 1 aromatic carbocycles. The van der Waals surface area contributed by atoms with Gasteiger partial charge in [-0.25, -0.2) is 4.39 Å². The van der Waals surface area contributed by atoms with Gasteiger partial charge >= 0.3 is 0 Å². The van der Waals surface area contributed by atoms with Crippen LogP contribution in [0.25, 0.3) is 11.4 Å². The number of tetrazole rings is 1. The first kappa shape index (κ1) is 13.8. The molecule has 0 atom stereocenters. The molecule has 1 N–H and O–H groups in total. The van der Waals surface area contributed by atoms with E-state index in [9.17, 15) is 9.18 Å². The number of carbonyl (C=O) groups excluding carboxylic acids is 1. The molecule has 0 saturated carbocycles. The number of anilines is 1. The highest BCUT2D eigenvalue weighted by atomic mass is 19.1. The summed E-state index contributed by atoms with van der Waals surface area (Å²) < 4.78 is 13.0. The van der Waals surface area contributed by atoms with Crippen LogP contribution < -0.4 is 5.32 Å². The lowest BCUT2D eigenvalue weighted by Crippen LogP contribution is -2.20. The van der Waals surface area contributed by atoms with Crippen molar-refractivity contribution in [2.75, 3.05) is 5.32 Å². The van der Waals surface area contributed by atoms with E-state index in [1.807, 2.05) is 0 Å². The number of halogens is 1. The third-order valence-electron chi connectivity index (χ3n) is 2.78. The van der Waals surface area contributed by atoms with Gasteiger partial charge in [0.1, 0.15) is 12.4 Å². The highest BCUT2D eigenvalue weighted by molar-refractivity contribution is 5.90. The minimum absolute atomic E-state index is 0.116. The van der Waals surface area contributed by atoms with Gasteiger partial charge in [0.25, 0.3) is 0 Å². The number of amides is 1. The van der Waals surface area contributed by atoms with Crippen molar-refractivity contribution in [3.63, 3.8) is 0 Å². The maximum atomic E-state index is 13.0. The molecule has 0 bridgehead atoms. The van der Waals surface area contributed by atoms with Crippen LogP contribution in [-0.4, -0.2) is 31.1 Å². The van der Waals surface area contributed by atoms with Crippen LogP contribution in [0.3, 0.4) is 0 Å². The van der Waals surface area contributed by atoms with E-state index in [4.69, 9.17) is 0 Å². The van der Waals surface area contributed by atoms with Gasteiger partial charge in [0.2, 0.25) is 11.7 Å². The summed E-state index contributed by atoms with van der Waals surface area (Å²) in [4.78, 5) is 16.9. The maximum Gasteiger partial charge on any atom is 0.248 e. The van der Waals surface area contributed by atoms with Gasteiger partial charge < -0.3 is 5.32 Å². The number of nitrogens with zero attached hydrogens (tertiary/aromatic N) is 5. The zero-order chi connectivity index (χ0) is 15.4. The Balaban J connectivity index is 1.66. The highest BCUT2D eigenvalue weighted by Crippen LogP contribution is 2.11. The van der Waals surface area contributed by atoms with Crippen LogP contribution in [0.15, 0.2) is 48.8 Å². The lowest BCUT2D eigenvalue weighted by molar-refractivity contribution is -0.117. The molecule has 0 fully saturated rings.